The van der Waals surface area contributed by atoms with Gasteiger partial charge in [-0.25, -0.2) is 0 Å². The van der Waals surface area contributed by atoms with E-state index in [4.69, 9.17) is 4.74 Å². The second-order valence-electron chi connectivity index (χ2n) is 9.24. The van der Waals surface area contributed by atoms with Crippen molar-refractivity contribution in [2.24, 2.45) is 0 Å². The number of carbonyl (C=O) groups is 1. The van der Waals surface area contributed by atoms with Crippen LogP contribution in [0.2, 0.25) is 0 Å². The van der Waals surface area contributed by atoms with Crippen LogP contribution in [-0.4, -0.2) is 10.9 Å². The number of carbonyl (C=O) groups excluding carboxylic acids is 1. The molecule has 4 heteroatoms. The fraction of sp³-hybridized carbons (Fsp3) is 0.156. The lowest BCUT2D eigenvalue weighted by atomic mass is 9.88. The molecular formula is C32H30N2O2. The van der Waals surface area contributed by atoms with Gasteiger partial charge in [0.1, 0.15) is 12.4 Å². The number of para-hydroxylation sites is 1. The molecular weight excluding hydrogens is 444 g/mol. The third kappa shape index (κ3) is 5.33. The number of hydrogen-bond donors (Lipinski definition) is 2. The summed E-state index contributed by atoms with van der Waals surface area (Å²) in [4.78, 5) is 16.6. The van der Waals surface area contributed by atoms with E-state index >= 15 is 0 Å². The van der Waals surface area contributed by atoms with Crippen molar-refractivity contribution >= 4 is 22.5 Å². The first-order valence-corrected chi connectivity index (χ1v) is 12.3. The SMILES string of the molecule is Cc1ccc(NC(=O)CC(c2cccc(OCc3ccccc3)c2)c2c[nH]c3ccccc23)cc1C. The molecule has 2 N–H and O–H groups in total. The van der Waals surface area contributed by atoms with Crippen LogP contribution in [0.4, 0.5) is 5.69 Å². The van der Waals surface area contributed by atoms with Gasteiger partial charge >= 0.3 is 0 Å². The molecule has 0 aliphatic carbocycles. The largest absolute Gasteiger partial charge is 0.489 e. The van der Waals surface area contributed by atoms with E-state index in [-0.39, 0.29) is 11.8 Å². The van der Waals surface area contributed by atoms with E-state index in [2.05, 4.69) is 60.5 Å². The zero-order chi connectivity index (χ0) is 24.9. The Bertz CT molecular complexity index is 1490. The van der Waals surface area contributed by atoms with Crippen molar-refractivity contribution < 1.29 is 9.53 Å². The van der Waals surface area contributed by atoms with Gasteiger partial charge in [0.25, 0.3) is 0 Å². The van der Waals surface area contributed by atoms with E-state index in [1.165, 1.54) is 5.56 Å². The maximum Gasteiger partial charge on any atom is 0.225 e. The van der Waals surface area contributed by atoms with Gasteiger partial charge in [-0.15, -0.1) is 0 Å². The molecule has 4 nitrogen and oxygen atoms in total. The van der Waals surface area contributed by atoms with E-state index in [0.29, 0.717) is 13.0 Å². The van der Waals surface area contributed by atoms with Crippen LogP contribution < -0.4 is 10.1 Å². The number of amides is 1. The minimum absolute atomic E-state index is 0.0239. The zero-order valence-corrected chi connectivity index (χ0v) is 20.6. The Morgan fingerprint density at radius 3 is 2.50 bits per heavy atom. The van der Waals surface area contributed by atoms with Crippen molar-refractivity contribution in [2.45, 2.75) is 32.8 Å². The summed E-state index contributed by atoms with van der Waals surface area (Å²) in [5.74, 6) is 0.632. The molecule has 0 bridgehead atoms. The Kier molecular flexibility index (Phi) is 6.85. The summed E-state index contributed by atoms with van der Waals surface area (Å²) >= 11 is 0. The van der Waals surface area contributed by atoms with Gasteiger partial charge in [0.15, 0.2) is 0 Å². The molecule has 5 aromatic rings. The molecule has 0 saturated heterocycles. The summed E-state index contributed by atoms with van der Waals surface area (Å²) in [6.07, 6.45) is 2.34. The van der Waals surface area contributed by atoms with Gasteiger partial charge in [0.05, 0.1) is 0 Å². The number of aryl methyl sites for hydroxylation is 2. The van der Waals surface area contributed by atoms with Gasteiger partial charge in [-0.05, 0) is 72.0 Å². The molecule has 0 fully saturated rings. The van der Waals surface area contributed by atoms with Gasteiger partial charge in [-0.3, -0.25) is 4.79 Å². The topological polar surface area (TPSA) is 54.1 Å². The third-order valence-corrected chi connectivity index (χ3v) is 6.69. The van der Waals surface area contributed by atoms with Crippen LogP contribution >= 0.6 is 0 Å². The predicted molar refractivity (Wildman–Crippen MR) is 147 cm³/mol. The molecule has 4 aromatic carbocycles. The molecule has 0 saturated carbocycles. The number of benzene rings is 4. The number of hydrogen-bond acceptors (Lipinski definition) is 2. The molecule has 36 heavy (non-hydrogen) atoms. The lowest BCUT2D eigenvalue weighted by Gasteiger charge is -2.19. The molecule has 1 atom stereocenters. The fourth-order valence-electron chi connectivity index (χ4n) is 4.57. The van der Waals surface area contributed by atoms with Gasteiger partial charge in [0.2, 0.25) is 5.91 Å². The molecule has 1 unspecified atom stereocenters. The number of H-pyrrole nitrogens is 1. The van der Waals surface area contributed by atoms with Crippen LogP contribution in [0.1, 0.15) is 40.2 Å². The first-order chi connectivity index (χ1) is 17.6. The second-order valence-corrected chi connectivity index (χ2v) is 9.24. The molecule has 0 aliphatic heterocycles. The molecule has 0 radical (unpaired) electrons. The van der Waals surface area contributed by atoms with Crippen LogP contribution in [-0.2, 0) is 11.4 Å². The highest BCUT2D eigenvalue weighted by atomic mass is 16.5. The van der Waals surface area contributed by atoms with Crippen molar-refractivity contribution in [1.29, 1.82) is 0 Å². The number of anilines is 1. The number of fused-ring (bicyclic) bond motifs is 1. The minimum Gasteiger partial charge on any atom is -0.489 e. The lowest BCUT2D eigenvalue weighted by Crippen LogP contribution is -2.16. The van der Waals surface area contributed by atoms with Crippen LogP contribution in [0.25, 0.3) is 10.9 Å². The fourth-order valence-corrected chi connectivity index (χ4v) is 4.57. The standard InChI is InChI=1S/C32H30N2O2/c1-22-15-16-26(17-23(22)2)34-32(35)19-29(30-20-33-31-14-7-6-13-28(30)31)25-11-8-12-27(18-25)36-21-24-9-4-3-5-10-24/h3-18,20,29,33H,19,21H2,1-2H3,(H,34,35). The summed E-state index contributed by atoms with van der Waals surface area (Å²) in [7, 11) is 0. The van der Waals surface area contributed by atoms with Crippen molar-refractivity contribution in [3.8, 4) is 5.75 Å². The van der Waals surface area contributed by atoms with Crippen molar-refractivity contribution in [2.75, 3.05) is 5.32 Å². The molecule has 1 amide bonds. The second kappa shape index (κ2) is 10.5. The average molecular weight is 475 g/mol. The summed E-state index contributed by atoms with van der Waals surface area (Å²) in [5, 5.41) is 4.22. The minimum atomic E-state index is -0.132. The highest BCUT2D eigenvalue weighted by molar-refractivity contribution is 5.93. The first kappa shape index (κ1) is 23.4. The lowest BCUT2D eigenvalue weighted by molar-refractivity contribution is -0.116. The van der Waals surface area contributed by atoms with Crippen LogP contribution in [0, 0.1) is 13.8 Å². The maximum atomic E-state index is 13.3. The number of rotatable bonds is 8. The average Bonchev–Trinajstić information content (AvgIpc) is 3.33. The van der Waals surface area contributed by atoms with Crippen LogP contribution in [0.3, 0.4) is 0 Å². The number of nitrogens with one attached hydrogen (secondary N) is 2. The van der Waals surface area contributed by atoms with Gasteiger partial charge < -0.3 is 15.0 Å². The van der Waals surface area contributed by atoms with Crippen LogP contribution in [0.5, 0.6) is 5.75 Å². The van der Waals surface area contributed by atoms with Gasteiger partial charge in [0, 0.05) is 35.1 Å². The van der Waals surface area contributed by atoms with E-state index < -0.39 is 0 Å². The van der Waals surface area contributed by atoms with Crippen molar-refractivity contribution in [3.05, 3.63) is 131 Å². The Labute approximate surface area is 212 Å². The van der Waals surface area contributed by atoms with Crippen molar-refractivity contribution in [1.82, 2.24) is 4.98 Å². The van der Waals surface area contributed by atoms with Gasteiger partial charge in [-0.2, -0.15) is 0 Å². The van der Waals surface area contributed by atoms with Crippen molar-refractivity contribution in [3.63, 3.8) is 0 Å². The number of aromatic nitrogens is 1. The predicted octanol–water partition coefficient (Wildman–Crippen LogP) is 7.52. The summed E-state index contributed by atoms with van der Waals surface area (Å²) < 4.78 is 6.10. The molecule has 1 heterocycles. The Morgan fingerprint density at radius 2 is 1.67 bits per heavy atom. The zero-order valence-electron chi connectivity index (χ0n) is 20.6. The summed E-state index contributed by atoms with van der Waals surface area (Å²) in [5.41, 5.74) is 7.50. The Morgan fingerprint density at radius 1 is 0.861 bits per heavy atom. The molecule has 0 aliphatic rings. The number of aromatic amines is 1. The Hall–Kier alpha value is -4.31. The number of ether oxygens (including phenoxy) is 1. The normalized spacial score (nSPS) is 11.8. The highest BCUT2D eigenvalue weighted by Gasteiger charge is 2.22. The third-order valence-electron chi connectivity index (χ3n) is 6.69. The molecule has 1 aromatic heterocycles. The summed E-state index contributed by atoms with van der Waals surface area (Å²) in [6.45, 7) is 4.62. The van der Waals surface area contributed by atoms with E-state index in [0.717, 1.165) is 44.6 Å². The van der Waals surface area contributed by atoms with E-state index in [9.17, 15) is 4.79 Å². The van der Waals surface area contributed by atoms with Gasteiger partial charge in [-0.1, -0.05) is 66.7 Å². The molecule has 5 rings (SSSR count). The summed E-state index contributed by atoms with van der Waals surface area (Å²) in [6, 6.07) is 32.4. The molecule has 180 valence electrons. The monoisotopic (exact) mass is 474 g/mol. The van der Waals surface area contributed by atoms with Crippen LogP contribution in [0.15, 0.2) is 103 Å². The quantitative estimate of drug-likeness (QED) is 0.244. The first-order valence-electron chi connectivity index (χ1n) is 12.3. The Balaban J connectivity index is 1.43. The highest BCUT2D eigenvalue weighted by Crippen LogP contribution is 2.35. The maximum absolute atomic E-state index is 13.3. The smallest absolute Gasteiger partial charge is 0.225 e. The van der Waals surface area contributed by atoms with E-state index in [1.54, 1.807) is 0 Å². The van der Waals surface area contributed by atoms with E-state index in [1.807, 2.05) is 66.9 Å². The molecule has 0 spiro atoms.